The molecule has 0 saturated heterocycles. The summed E-state index contributed by atoms with van der Waals surface area (Å²) in [6.45, 7) is 8.09. The number of carbonyl (C=O) groups excluding carboxylic acids is 1. The summed E-state index contributed by atoms with van der Waals surface area (Å²) in [6.07, 6.45) is 3.66. The number of likely N-dealkylation sites (N-methyl/N-ethyl adjacent to an activating group) is 1. The van der Waals surface area contributed by atoms with E-state index in [1.807, 2.05) is 0 Å². The van der Waals surface area contributed by atoms with E-state index in [-0.39, 0.29) is 12.0 Å². The van der Waals surface area contributed by atoms with Crippen LogP contribution in [0.3, 0.4) is 0 Å². The number of nitrogens with zero attached hydrogens (tertiary/aromatic N) is 1. The van der Waals surface area contributed by atoms with Crippen LogP contribution < -0.4 is 11.1 Å². The SMILES string of the molecule is CCN(CC)CCNC1(C(N)=O)CCCC(OC)C1. The molecule has 1 saturated carbocycles. The molecular weight excluding hydrogens is 242 g/mol. The fourth-order valence-electron chi connectivity index (χ4n) is 2.89. The van der Waals surface area contributed by atoms with Crippen molar-refractivity contribution in [3.8, 4) is 0 Å². The molecule has 0 aromatic rings. The van der Waals surface area contributed by atoms with E-state index in [1.54, 1.807) is 7.11 Å². The molecule has 0 bridgehead atoms. The Kier molecular flexibility index (Phi) is 6.75. The highest BCUT2D eigenvalue weighted by Gasteiger charge is 2.41. The molecule has 2 unspecified atom stereocenters. The summed E-state index contributed by atoms with van der Waals surface area (Å²) in [6, 6.07) is 0. The zero-order chi connectivity index (χ0) is 14.3. The van der Waals surface area contributed by atoms with E-state index < -0.39 is 5.54 Å². The minimum Gasteiger partial charge on any atom is -0.381 e. The maximum atomic E-state index is 11.8. The van der Waals surface area contributed by atoms with Gasteiger partial charge in [0.05, 0.1) is 6.10 Å². The summed E-state index contributed by atoms with van der Waals surface area (Å²) in [4.78, 5) is 14.2. The van der Waals surface area contributed by atoms with Crippen LogP contribution in [0.5, 0.6) is 0 Å². The third kappa shape index (κ3) is 4.44. The van der Waals surface area contributed by atoms with Gasteiger partial charge in [-0.2, -0.15) is 0 Å². The zero-order valence-electron chi connectivity index (χ0n) is 12.6. The Morgan fingerprint density at radius 1 is 1.47 bits per heavy atom. The van der Waals surface area contributed by atoms with E-state index in [1.165, 1.54) is 0 Å². The van der Waals surface area contributed by atoms with Crippen LogP contribution in [0.2, 0.25) is 0 Å². The third-order valence-electron chi connectivity index (χ3n) is 4.30. The Balaban J connectivity index is 2.54. The number of carbonyl (C=O) groups is 1. The van der Waals surface area contributed by atoms with Gasteiger partial charge in [-0.25, -0.2) is 0 Å². The average Bonchev–Trinajstić information content (AvgIpc) is 2.43. The fourth-order valence-corrected chi connectivity index (χ4v) is 2.89. The molecule has 3 N–H and O–H groups in total. The summed E-state index contributed by atoms with van der Waals surface area (Å²) in [5.41, 5.74) is 5.05. The molecule has 0 radical (unpaired) electrons. The highest BCUT2D eigenvalue weighted by atomic mass is 16.5. The molecule has 2 atom stereocenters. The number of hydrogen-bond donors (Lipinski definition) is 2. The van der Waals surface area contributed by atoms with Gasteiger partial charge in [0.1, 0.15) is 5.54 Å². The molecule has 1 fully saturated rings. The van der Waals surface area contributed by atoms with Gasteiger partial charge >= 0.3 is 0 Å². The van der Waals surface area contributed by atoms with Gasteiger partial charge in [0, 0.05) is 26.6 Å². The van der Waals surface area contributed by atoms with Crippen LogP contribution >= 0.6 is 0 Å². The second-order valence-corrected chi connectivity index (χ2v) is 5.35. The van der Waals surface area contributed by atoms with Crippen molar-refractivity contribution < 1.29 is 9.53 Å². The van der Waals surface area contributed by atoms with Gasteiger partial charge in [-0.1, -0.05) is 13.8 Å². The Hall–Kier alpha value is -0.650. The lowest BCUT2D eigenvalue weighted by Gasteiger charge is -2.39. The van der Waals surface area contributed by atoms with Crippen LogP contribution in [0.25, 0.3) is 0 Å². The Labute approximate surface area is 116 Å². The first-order valence-corrected chi connectivity index (χ1v) is 7.38. The maximum absolute atomic E-state index is 11.8. The van der Waals surface area contributed by atoms with Gasteiger partial charge in [0.2, 0.25) is 5.91 Å². The van der Waals surface area contributed by atoms with Crippen molar-refractivity contribution in [2.45, 2.75) is 51.2 Å². The van der Waals surface area contributed by atoms with E-state index in [0.29, 0.717) is 6.42 Å². The van der Waals surface area contributed by atoms with E-state index >= 15 is 0 Å². The molecule has 1 aliphatic rings. The molecule has 1 rings (SSSR count). The van der Waals surface area contributed by atoms with E-state index in [9.17, 15) is 4.79 Å². The second-order valence-electron chi connectivity index (χ2n) is 5.35. The lowest BCUT2D eigenvalue weighted by atomic mass is 9.79. The first-order chi connectivity index (χ1) is 9.07. The number of ether oxygens (including phenoxy) is 1. The highest BCUT2D eigenvalue weighted by molar-refractivity contribution is 5.84. The monoisotopic (exact) mass is 271 g/mol. The average molecular weight is 271 g/mol. The predicted molar refractivity (Wildman–Crippen MR) is 77.0 cm³/mol. The smallest absolute Gasteiger partial charge is 0.237 e. The van der Waals surface area contributed by atoms with Crippen LogP contribution in [0.1, 0.15) is 39.5 Å². The summed E-state index contributed by atoms with van der Waals surface area (Å²) in [5, 5.41) is 3.40. The number of primary amides is 1. The number of methoxy groups -OCH3 is 1. The molecule has 1 amide bonds. The summed E-state index contributed by atoms with van der Waals surface area (Å²) in [5.74, 6) is -0.242. The summed E-state index contributed by atoms with van der Waals surface area (Å²) < 4.78 is 5.41. The van der Waals surface area contributed by atoms with E-state index in [4.69, 9.17) is 10.5 Å². The maximum Gasteiger partial charge on any atom is 0.237 e. The van der Waals surface area contributed by atoms with Crippen LogP contribution in [0.4, 0.5) is 0 Å². The molecule has 5 nitrogen and oxygen atoms in total. The topological polar surface area (TPSA) is 67.6 Å². The molecule has 0 aromatic heterocycles. The number of hydrogen-bond acceptors (Lipinski definition) is 4. The number of nitrogens with one attached hydrogen (secondary N) is 1. The minimum absolute atomic E-state index is 0.141. The van der Waals surface area contributed by atoms with Gasteiger partial charge in [-0.3, -0.25) is 4.79 Å². The first-order valence-electron chi connectivity index (χ1n) is 7.38. The molecule has 1 aliphatic carbocycles. The molecule has 5 heteroatoms. The Bertz CT molecular complexity index is 282. The van der Waals surface area contributed by atoms with Crippen molar-refractivity contribution >= 4 is 5.91 Å². The zero-order valence-corrected chi connectivity index (χ0v) is 12.6. The predicted octanol–water partition coefficient (Wildman–Crippen LogP) is 0.731. The Morgan fingerprint density at radius 3 is 2.68 bits per heavy atom. The normalized spacial score (nSPS) is 27.7. The number of rotatable bonds is 8. The van der Waals surface area contributed by atoms with Crippen LogP contribution in [-0.2, 0) is 9.53 Å². The lowest BCUT2D eigenvalue weighted by molar-refractivity contribution is -0.128. The van der Waals surface area contributed by atoms with Crippen LogP contribution in [0, 0.1) is 0 Å². The molecule has 0 heterocycles. The molecule has 19 heavy (non-hydrogen) atoms. The van der Waals surface area contributed by atoms with Gasteiger partial charge in [-0.15, -0.1) is 0 Å². The van der Waals surface area contributed by atoms with Gasteiger partial charge in [0.15, 0.2) is 0 Å². The van der Waals surface area contributed by atoms with Crippen molar-refractivity contribution in [3.05, 3.63) is 0 Å². The van der Waals surface area contributed by atoms with Gasteiger partial charge in [-0.05, 0) is 32.4 Å². The van der Waals surface area contributed by atoms with Crippen molar-refractivity contribution in [3.63, 3.8) is 0 Å². The first kappa shape index (κ1) is 16.4. The van der Waals surface area contributed by atoms with Crippen molar-refractivity contribution in [1.82, 2.24) is 10.2 Å². The molecular formula is C14H29N3O2. The standard InChI is InChI=1S/C14H29N3O2/c1-4-17(5-2)10-9-16-14(13(15)18)8-6-7-12(11-14)19-3/h12,16H,4-11H2,1-3H3,(H2,15,18). The number of nitrogens with two attached hydrogens (primary N) is 1. The minimum atomic E-state index is -0.577. The highest BCUT2D eigenvalue weighted by Crippen LogP contribution is 2.29. The van der Waals surface area contributed by atoms with Crippen molar-refractivity contribution in [1.29, 1.82) is 0 Å². The fraction of sp³-hybridized carbons (Fsp3) is 0.929. The molecule has 0 aromatic carbocycles. The van der Waals surface area contributed by atoms with Crippen LogP contribution in [0.15, 0.2) is 0 Å². The largest absolute Gasteiger partial charge is 0.381 e. The van der Waals surface area contributed by atoms with Crippen LogP contribution in [-0.4, -0.2) is 55.7 Å². The van der Waals surface area contributed by atoms with Gasteiger partial charge in [0.25, 0.3) is 0 Å². The van der Waals surface area contributed by atoms with Crippen molar-refractivity contribution in [2.24, 2.45) is 5.73 Å². The lowest BCUT2D eigenvalue weighted by Crippen LogP contribution is -2.60. The van der Waals surface area contributed by atoms with E-state index in [2.05, 4.69) is 24.1 Å². The Morgan fingerprint density at radius 2 is 2.16 bits per heavy atom. The second kappa shape index (κ2) is 7.82. The molecule has 112 valence electrons. The summed E-state index contributed by atoms with van der Waals surface area (Å²) in [7, 11) is 1.71. The molecule has 0 aliphatic heterocycles. The van der Waals surface area contributed by atoms with Crippen molar-refractivity contribution in [2.75, 3.05) is 33.3 Å². The quantitative estimate of drug-likeness (QED) is 0.683. The molecule has 0 spiro atoms. The van der Waals surface area contributed by atoms with Gasteiger partial charge < -0.3 is 20.7 Å². The number of amides is 1. The summed E-state index contributed by atoms with van der Waals surface area (Å²) >= 11 is 0. The third-order valence-corrected chi connectivity index (χ3v) is 4.30. The van der Waals surface area contributed by atoms with E-state index in [0.717, 1.165) is 45.4 Å².